The van der Waals surface area contributed by atoms with Gasteiger partial charge in [-0.3, -0.25) is 9.59 Å². The maximum absolute atomic E-state index is 12.9. The molecule has 0 spiro atoms. The average molecular weight is 448 g/mol. The van der Waals surface area contributed by atoms with Crippen molar-refractivity contribution in [2.75, 3.05) is 7.11 Å². The topological polar surface area (TPSA) is 84.5 Å². The molecule has 0 heterocycles. The van der Waals surface area contributed by atoms with Crippen molar-refractivity contribution in [2.24, 2.45) is 0 Å². The van der Waals surface area contributed by atoms with E-state index >= 15 is 0 Å². The van der Waals surface area contributed by atoms with Gasteiger partial charge in [-0.05, 0) is 11.1 Å². The van der Waals surface area contributed by atoms with Gasteiger partial charge in [0.25, 0.3) is 5.78 Å². The number of nitrogens with one attached hydrogen (secondary N) is 2. The number of allylic oxidation sites excluding steroid dienone is 1. The number of ether oxygens (including phenoxy) is 1. The van der Waals surface area contributed by atoms with Gasteiger partial charge in [-0.1, -0.05) is 60.7 Å². The van der Waals surface area contributed by atoms with Gasteiger partial charge in [0, 0.05) is 25.1 Å². The number of esters is 1. The molecular formula is C23H23F3N2O4. The molecule has 6 nitrogen and oxygen atoms in total. The highest BCUT2D eigenvalue weighted by molar-refractivity contribution is 5.94. The molecule has 2 aromatic rings. The third-order valence-corrected chi connectivity index (χ3v) is 4.50. The van der Waals surface area contributed by atoms with Crippen molar-refractivity contribution in [2.45, 2.75) is 31.1 Å². The van der Waals surface area contributed by atoms with Crippen molar-refractivity contribution < 1.29 is 32.3 Å². The lowest BCUT2D eigenvalue weighted by molar-refractivity contribution is -0.165. The predicted molar refractivity (Wildman–Crippen MR) is 111 cm³/mol. The lowest BCUT2D eigenvalue weighted by Gasteiger charge is -2.22. The summed E-state index contributed by atoms with van der Waals surface area (Å²) < 4.78 is 42.1. The molecule has 0 radical (unpaired) electrons. The second-order valence-electron chi connectivity index (χ2n) is 6.88. The number of rotatable bonds is 10. The standard InChI is InChI=1S/C23H23F3N2O4/c1-32-22(31)19(15-17-10-6-3-7-11-17)28-21(30)18(14-16-8-4-2-5-9-16)27-13-12-20(29)23(24,25)26/h2-13,18-19,27H,14-15H2,1H3,(H,28,30)/b13-12-. The Morgan fingerprint density at radius 2 is 1.41 bits per heavy atom. The van der Waals surface area contributed by atoms with Gasteiger partial charge in [0.1, 0.15) is 12.1 Å². The fourth-order valence-electron chi connectivity index (χ4n) is 2.87. The quantitative estimate of drug-likeness (QED) is 0.431. The van der Waals surface area contributed by atoms with E-state index in [2.05, 4.69) is 10.6 Å². The number of carbonyl (C=O) groups is 3. The van der Waals surface area contributed by atoms with Crippen molar-refractivity contribution in [3.8, 4) is 0 Å². The van der Waals surface area contributed by atoms with E-state index in [-0.39, 0.29) is 12.8 Å². The molecule has 0 aliphatic heterocycles. The van der Waals surface area contributed by atoms with Crippen molar-refractivity contribution in [3.05, 3.63) is 84.1 Å². The maximum atomic E-state index is 12.9. The number of carbonyl (C=O) groups excluding carboxylic acids is 3. The average Bonchev–Trinajstić information content (AvgIpc) is 2.78. The summed E-state index contributed by atoms with van der Waals surface area (Å²) in [6, 6.07) is 15.7. The Kier molecular flexibility index (Phi) is 9.00. The van der Waals surface area contributed by atoms with Crippen LogP contribution in [0.15, 0.2) is 72.9 Å². The third-order valence-electron chi connectivity index (χ3n) is 4.50. The fourth-order valence-corrected chi connectivity index (χ4v) is 2.87. The Labute approximate surface area is 183 Å². The molecule has 0 fully saturated rings. The monoisotopic (exact) mass is 448 g/mol. The number of ketones is 1. The van der Waals surface area contributed by atoms with Crippen molar-refractivity contribution in [1.29, 1.82) is 0 Å². The SMILES string of the molecule is COC(=O)C(Cc1ccccc1)NC(=O)C(Cc1ccccc1)N/C=C\C(=O)C(F)(F)F. The zero-order valence-corrected chi connectivity index (χ0v) is 17.3. The fraction of sp³-hybridized carbons (Fsp3) is 0.261. The van der Waals surface area contributed by atoms with Gasteiger partial charge in [-0.15, -0.1) is 0 Å². The number of hydrogen-bond donors (Lipinski definition) is 2. The van der Waals surface area contributed by atoms with Gasteiger partial charge in [0.2, 0.25) is 5.91 Å². The summed E-state index contributed by atoms with van der Waals surface area (Å²) >= 11 is 0. The van der Waals surface area contributed by atoms with Crippen LogP contribution in [0, 0.1) is 0 Å². The van der Waals surface area contributed by atoms with E-state index < -0.39 is 35.9 Å². The van der Waals surface area contributed by atoms with Crippen LogP contribution in [0.25, 0.3) is 0 Å². The first-order valence-electron chi connectivity index (χ1n) is 9.70. The molecule has 2 atom stereocenters. The number of methoxy groups -OCH3 is 1. The minimum atomic E-state index is -5.01. The van der Waals surface area contributed by atoms with Crippen LogP contribution in [0.4, 0.5) is 13.2 Å². The molecular weight excluding hydrogens is 425 g/mol. The lowest BCUT2D eigenvalue weighted by atomic mass is 10.0. The van der Waals surface area contributed by atoms with Crippen LogP contribution in [-0.2, 0) is 32.0 Å². The van der Waals surface area contributed by atoms with E-state index in [9.17, 15) is 27.6 Å². The van der Waals surface area contributed by atoms with Crippen molar-refractivity contribution in [3.63, 3.8) is 0 Å². The third kappa shape index (κ3) is 7.90. The number of hydrogen-bond acceptors (Lipinski definition) is 5. The smallest absolute Gasteiger partial charge is 0.454 e. The molecule has 9 heteroatoms. The lowest BCUT2D eigenvalue weighted by Crippen LogP contribution is -2.51. The van der Waals surface area contributed by atoms with Gasteiger partial charge >= 0.3 is 12.1 Å². The summed E-state index contributed by atoms with van der Waals surface area (Å²) in [6.45, 7) is 0. The molecule has 0 aliphatic carbocycles. The highest BCUT2D eigenvalue weighted by atomic mass is 19.4. The minimum absolute atomic E-state index is 0.108. The van der Waals surface area contributed by atoms with E-state index in [1.54, 1.807) is 54.6 Å². The van der Waals surface area contributed by atoms with Gasteiger partial charge < -0.3 is 15.4 Å². The Morgan fingerprint density at radius 3 is 1.88 bits per heavy atom. The summed E-state index contributed by atoms with van der Waals surface area (Å²) in [7, 11) is 1.19. The van der Waals surface area contributed by atoms with Gasteiger partial charge in [0.15, 0.2) is 0 Å². The summed E-state index contributed by atoms with van der Waals surface area (Å²) in [5, 5.41) is 5.12. The normalized spacial score (nSPS) is 13.2. The largest absolute Gasteiger partial charge is 0.467 e. The van der Waals surface area contributed by atoms with Crippen LogP contribution in [0.3, 0.4) is 0 Å². The maximum Gasteiger partial charge on any atom is 0.454 e. The first-order valence-corrected chi connectivity index (χ1v) is 9.70. The zero-order chi connectivity index (χ0) is 23.6. The van der Waals surface area contributed by atoms with Crippen molar-refractivity contribution in [1.82, 2.24) is 10.6 Å². The molecule has 2 rings (SSSR count). The summed E-state index contributed by atoms with van der Waals surface area (Å²) in [5.41, 5.74) is 1.51. The second-order valence-corrected chi connectivity index (χ2v) is 6.88. The van der Waals surface area contributed by atoms with Crippen LogP contribution >= 0.6 is 0 Å². The summed E-state index contributed by atoms with van der Waals surface area (Å²) in [6.07, 6.45) is -3.64. The Balaban J connectivity index is 2.17. The van der Waals surface area contributed by atoms with Crippen LogP contribution in [-0.4, -0.2) is 43.0 Å². The molecule has 0 saturated carbocycles. The zero-order valence-electron chi connectivity index (χ0n) is 17.3. The van der Waals surface area contributed by atoms with Gasteiger partial charge in [-0.25, -0.2) is 4.79 Å². The summed E-state index contributed by atoms with van der Waals surface area (Å²) in [5.74, 6) is -3.35. The molecule has 2 aromatic carbocycles. The highest BCUT2D eigenvalue weighted by Gasteiger charge is 2.36. The Bertz CT molecular complexity index is 931. The number of amides is 1. The van der Waals surface area contributed by atoms with Crippen LogP contribution in [0.5, 0.6) is 0 Å². The molecule has 0 bridgehead atoms. The highest BCUT2D eigenvalue weighted by Crippen LogP contribution is 2.16. The minimum Gasteiger partial charge on any atom is -0.467 e. The van der Waals surface area contributed by atoms with Crippen LogP contribution in [0.1, 0.15) is 11.1 Å². The first kappa shape index (κ1) is 24.6. The number of alkyl halides is 3. The number of halogens is 3. The molecule has 0 aliphatic rings. The van der Waals surface area contributed by atoms with Crippen LogP contribution in [0.2, 0.25) is 0 Å². The molecule has 0 saturated heterocycles. The molecule has 170 valence electrons. The molecule has 32 heavy (non-hydrogen) atoms. The first-order chi connectivity index (χ1) is 15.2. The summed E-state index contributed by atoms with van der Waals surface area (Å²) in [4.78, 5) is 36.2. The van der Waals surface area contributed by atoms with E-state index in [1.165, 1.54) is 7.11 Å². The van der Waals surface area contributed by atoms with Gasteiger partial charge in [-0.2, -0.15) is 13.2 Å². The van der Waals surface area contributed by atoms with Crippen molar-refractivity contribution >= 4 is 17.7 Å². The Hall–Kier alpha value is -3.62. The second kappa shape index (κ2) is 11.7. The van der Waals surface area contributed by atoms with E-state index in [0.29, 0.717) is 6.08 Å². The molecule has 2 N–H and O–H groups in total. The van der Waals surface area contributed by atoms with E-state index in [1.807, 2.05) is 6.07 Å². The number of benzene rings is 2. The predicted octanol–water partition coefficient (Wildman–Crippen LogP) is 2.73. The van der Waals surface area contributed by atoms with Gasteiger partial charge in [0.05, 0.1) is 7.11 Å². The molecule has 2 unspecified atom stereocenters. The van der Waals surface area contributed by atoms with Crippen LogP contribution < -0.4 is 10.6 Å². The molecule has 1 amide bonds. The Morgan fingerprint density at radius 1 is 0.906 bits per heavy atom. The van der Waals surface area contributed by atoms with E-state index in [4.69, 9.17) is 4.74 Å². The van der Waals surface area contributed by atoms with E-state index in [0.717, 1.165) is 17.3 Å². The molecule has 0 aromatic heterocycles.